The molecule has 25 heavy (non-hydrogen) atoms. The second kappa shape index (κ2) is 7.34. The lowest BCUT2D eigenvalue weighted by molar-refractivity contribution is 0.0123. The third-order valence-corrected chi connectivity index (χ3v) is 6.11. The van der Waals surface area contributed by atoms with Crippen LogP contribution in [0.2, 0.25) is 0 Å². The highest BCUT2D eigenvalue weighted by Crippen LogP contribution is 2.36. The summed E-state index contributed by atoms with van der Waals surface area (Å²) in [6, 6.07) is 8.91. The number of carbonyl (C=O) groups excluding carboxylic acids is 1. The van der Waals surface area contributed by atoms with Crippen molar-refractivity contribution in [3.63, 3.8) is 0 Å². The molecule has 0 radical (unpaired) electrons. The highest BCUT2D eigenvalue weighted by atomic mass is 16.5. The average Bonchev–Trinajstić information content (AvgIpc) is 2.98. The van der Waals surface area contributed by atoms with Crippen LogP contribution in [0.1, 0.15) is 37.7 Å². The molecule has 3 fully saturated rings. The number of nitrogens with zero attached hydrogens (tertiary/aromatic N) is 2. The van der Waals surface area contributed by atoms with Gasteiger partial charge in [-0.25, -0.2) is 4.79 Å². The maximum absolute atomic E-state index is 12.6. The summed E-state index contributed by atoms with van der Waals surface area (Å²) in [5, 5.41) is 3.07. The summed E-state index contributed by atoms with van der Waals surface area (Å²) < 4.78 is 5.45. The Morgan fingerprint density at radius 1 is 1.12 bits per heavy atom. The molecular weight excluding hydrogens is 314 g/mol. The molecule has 5 nitrogen and oxygen atoms in total. The highest BCUT2D eigenvalue weighted by Gasteiger charge is 2.36. The van der Waals surface area contributed by atoms with Gasteiger partial charge < -0.3 is 15.0 Å². The van der Waals surface area contributed by atoms with E-state index in [1.165, 1.54) is 24.8 Å². The molecule has 4 rings (SSSR count). The molecular formula is C20H29N3O2. The third-order valence-electron chi connectivity index (χ3n) is 6.11. The van der Waals surface area contributed by atoms with Crippen molar-refractivity contribution in [2.75, 3.05) is 44.7 Å². The minimum Gasteiger partial charge on any atom is -0.379 e. The van der Waals surface area contributed by atoms with Crippen molar-refractivity contribution in [3.8, 4) is 0 Å². The highest BCUT2D eigenvalue weighted by molar-refractivity contribution is 5.89. The van der Waals surface area contributed by atoms with Gasteiger partial charge >= 0.3 is 6.03 Å². The van der Waals surface area contributed by atoms with E-state index in [0.717, 1.165) is 51.0 Å². The van der Waals surface area contributed by atoms with Gasteiger partial charge in [0.2, 0.25) is 0 Å². The van der Waals surface area contributed by atoms with Gasteiger partial charge in [0.25, 0.3) is 0 Å². The summed E-state index contributed by atoms with van der Waals surface area (Å²) in [7, 11) is 0. The second-order valence-corrected chi connectivity index (χ2v) is 7.78. The van der Waals surface area contributed by atoms with Crippen molar-refractivity contribution in [3.05, 3.63) is 29.8 Å². The molecule has 1 saturated carbocycles. The van der Waals surface area contributed by atoms with Crippen LogP contribution in [-0.4, -0.2) is 61.3 Å². The van der Waals surface area contributed by atoms with Crippen LogP contribution in [0.3, 0.4) is 0 Å². The van der Waals surface area contributed by atoms with Crippen LogP contribution in [0.5, 0.6) is 0 Å². The van der Waals surface area contributed by atoms with E-state index >= 15 is 0 Å². The number of morpholine rings is 1. The van der Waals surface area contributed by atoms with Gasteiger partial charge in [0.05, 0.1) is 13.2 Å². The van der Waals surface area contributed by atoms with E-state index in [2.05, 4.69) is 29.3 Å². The molecule has 2 heterocycles. The van der Waals surface area contributed by atoms with E-state index in [1.807, 2.05) is 17.0 Å². The monoisotopic (exact) mass is 343 g/mol. The number of likely N-dealkylation sites (tertiary alicyclic amines) is 1. The fraction of sp³-hybridized carbons (Fsp3) is 0.650. The smallest absolute Gasteiger partial charge is 0.321 e. The summed E-state index contributed by atoms with van der Waals surface area (Å²) in [5.41, 5.74) is 2.31. The van der Waals surface area contributed by atoms with Crippen molar-refractivity contribution >= 4 is 11.7 Å². The largest absolute Gasteiger partial charge is 0.379 e. The zero-order chi connectivity index (χ0) is 17.2. The van der Waals surface area contributed by atoms with Gasteiger partial charge in [-0.15, -0.1) is 0 Å². The molecule has 1 aliphatic carbocycles. The van der Waals surface area contributed by atoms with Crippen LogP contribution in [0.25, 0.3) is 0 Å². The number of hydrogen-bond donors (Lipinski definition) is 1. The second-order valence-electron chi connectivity index (χ2n) is 7.78. The lowest BCUT2D eigenvalue weighted by Gasteiger charge is -2.33. The topological polar surface area (TPSA) is 44.8 Å². The maximum Gasteiger partial charge on any atom is 0.321 e. The average molecular weight is 343 g/mol. The molecule has 0 spiro atoms. The minimum atomic E-state index is 0.0269. The number of carbonyl (C=O) groups is 1. The van der Waals surface area contributed by atoms with Crippen molar-refractivity contribution in [1.82, 2.24) is 9.80 Å². The molecule has 2 aliphatic heterocycles. The normalized spacial score (nSPS) is 28.0. The number of benzene rings is 1. The van der Waals surface area contributed by atoms with E-state index in [-0.39, 0.29) is 6.03 Å². The molecule has 2 atom stereocenters. The molecule has 136 valence electrons. The Labute approximate surface area is 150 Å². The van der Waals surface area contributed by atoms with Crippen LogP contribution in [0.4, 0.5) is 10.5 Å². The number of nitrogens with one attached hydrogen (secondary N) is 1. The van der Waals surface area contributed by atoms with Gasteiger partial charge in [0.1, 0.15) is 0 Å². The number of ether oxygens (including phenoxy) is 1. The van der Waals surface area contributed by atoms with Crippen LogP contribution < -0.4 is 5.32 Å². The van der Waals surface area contributed by atoms with Gasteiger partial charge in [0, 0.05) is 37.9 Å². The minimum absolute atomic E-state index is 0.0269. The molecule has 1 N–H and O–H groups in total. The summed E-state index contributed by atoms with van der Waals surface area (Å²) in [5.74, 6) is 1.24. The zero-order valence-electron chi connectivity index (χ0n) is 15.1. The molecule has 3 aliphatic rings. The Kier molecular flexibility index (Phi) is 4.95. The predicted octanol–water partition coefficient (Wildman–Crippen LogP) is 3.14. The maximum atomic E-state index is 12.6. The van der Waals surface area contributed by atoms with Crippen LogP contribution in [0, 0.1) is 5.92 Å². The predicted molar refractivity (Wildman–Crippen MR) is 99.0 cm³/mol. The van der Waals surface area contributed by atoms with E-state index in [0.29, 0.717) is 12.0 Å². The van der Waals surface area contributed by atoms with Crippen LogP contribution in [0.15, 0.2) is 24.3 Å². The molecule has 0 aromatic heterocycles. The molecule has 1 aromatic rings. The molecule has 2 saturated heterocycles. The summed E-state index contributed by atoms with van der Waals surface area (Å²) in [4.78, 5) is 17.1. The number of urea groups is 1. The Balaban J connectivity index is 1.33. The van der Waals surface area contributed by atoms with Crippen LogP contribution in [-0.2, 0) is 4.74 Å². The standard InChI is InChI=1S/C20H29N3O2/c1-15-13-23(14-19(15)22-9-11-25-12-10-22)20(24)21-18-7-5-17(6-8-18)16-3-2-4-16/h5-8,15-16,19H,2-4,9-14H2,1H3,(H,21,24). The van der Waals surface area contributed by atoms with Crippen molar-refractivity contribution in [2.24, 2.45) is 5.92 Å². The Morgan fingerprint density at radius 2 is 1.84 bits per heavy atom. The SMILES string of the molecule is CC1CN(C(=O)Nc2ccc(C3CCC3)cc2)CC1N1CCOCC1. The van der Waals surface area contributed by atoms with E-state index in [4.69, 9.17) is 4.74 Å². The third kappa shape index (κ3) is 3.67. The lowest BCUT2D eigenvalue weighted by atomic mass is 9.80. The summed E-state index contributed by atoms with van der Waals surface area (Å²) >= 11 is 0. The first-order valence-electron chi connectivity index (χ1n) is 9.68. The number of amides is 2. The van der Waals surface area contributed by atoms with Crippen molar-refractivity contribution in [1.29, 1.82) is 0 Å². The van der Waals surface area contributed by atoms with E-state index in [1.54, 1.807) is 0 Å². The van der Waals surface area contributed by atoms with Crippen molar-refractivity contribution in [2.45, 2.75) is 38.1 Å². The Hall–Kier alpha value is -1.59. The van der Waals surface area contributed by atoms with E-state index < -0.39 is 0 Å². The Bertz CT molecular complexity index is 593. The molecule has 5 heteroatoms. The van der Waals surface area contributed by atoms with Crippen molar-refractivity contribution < 1.29 is 9.53 Å². The van der Waals surface area contributed by atoms with Gasteiger partial charge in [-0.2, -0.15) is 0 Å². The molecule has 2 amide bonds. The van der Waals surface area contributed by atoms with Crippen LogP contribution >= 0.6 is 0 Å². The fourth-order valence-corrected chi connectivity index (χ4v) is 4.28. The lowest BCUT2D eigenvalue weighted by Crippen LogP contribution is -2.47. The summed E-state index contributed by atoms with van der Waals surface area (Å²) in [6.45, 7) is 7.47. The van der Waals surface area contributed by atoms with Gasteiger partial charge in [-0.3, -0.25) is 4.90 Å². The fourth-order valence-electron chi connectivity index (χ4n) is 4.28. The molecule has 0 bridgehead atoms. The zero-order valence-corrected chi connectivity index (χ0v) is 15.1. The number of anilines is 1. The van der Waals surface area contributed by atoms with E-state index in [9.17, 15) is 4.79 Å². The number of rotatable bonds is 3. The first-order valence-corrected chi connectivity index (χ1v) is 9.68. The first-order chi connectivity index (χ1) is 12.2. The van der Waals surface area contributed by atoms with Gasteiger partial charge in [-0.05, 0) is 42.4 Å². The van der Waals surface area contributed by atoms with Gasteiger partial charge in [0.15, 0.2) is 0 Å². The Morgan fingerprint density at radius 3 is 2.48 bits per heavy atom. The quantitative estimate of drug-likeness (QED) is 0.917. The first kappa shape index (κ1) is 16.9. The molecule has 2 unspecified atom stereocenters. The molecule has 1 aromatic carbocycles. The number of hydrogen-bond acceptors (Lipinski definition) is 3. The van der Waals surface area contributed by atoms with Gasteiger partial charge in [-0.1, -0.05) is 25.5 Å². The summed E-state index contributed by atoms with van der Waals surface area (Å²) in [6.07, 6.45) is 3.96.